The molecule has 4 nitrogen and oxygen atoms in total. The SMILES string of the molecule is N#Cc1ccc(-c2ccnc3n[nH]c(-c4ccccc4)c23)cc1. The van der Waals surface area contributed by atoms with Gasteiger partial charge in [-0.2, -0.15) is 10.4 Å². The molecule has 4 aromatic rings. The van der Waals surface area contributed by atoms with E-state index in [1.54, 1.807) is 6.20 Å². The zero-order valence-electron chi connectivity index (χ0n) is 12.2. The van der Waals surface area contributed by atoms with Crippen LogP contribution in [0, 0.1) is 11.3 Å². The Balaban J connectivity index is 1.96. The summed E-state index contributed by atoms with van der Waals surface area (Å²) in [6.45, 7) is 0. The average Bonchev–Trinajstić information content (AvgIpc) is 3.07. The summed E-state index contributed by atoms with van der Waals surface area (Å²) < 4.78 is 0. The quantitative estimate of drug-likeness (QED) is 0.604. The molecule has 0 saturated heterocycles. The molecule has 0 bridgehead atoms. The third kappa shape index (κ3) is 2.25. The summed E-state index contributed by atoms with van der Waals surface area (Å²) in [5.41, 5.74) is 5.44. The molecular formula is C19H12N4. The predicted molar refractivity (Wildman–Crippen MR) is 89.5 cm³/mol. The fourth-order valence-electron chi connectivity index (χ4n) is 2.73. The summed E-state index contributed by atoms with van der Waals surface area (Å²) in [5.74, 6) is 0. The van der Waals surface area contributed by atoms with Crippen LogP contribution in [-0.2, 0) is 0 Å². The Kier molecular flexibility index (Phi) is 3.10. The van der Waals surface area contributed by atoms with E-state index in [2.05, 4.69) is 21.3 Å². The van der Waals surface area contributed by atoms with Crippen LogP contribution in [0.4, 0.5) is 0 Å². The van der Waals surface area contributed by atoms with E-state index in [-0.39, 0.29) is 0 Å². The smallest absolute Gasteiger partial charge is 0.182 e. The molecular weight excluding hydrogens is 284 g/mol. The minimum atomic E-state index is 0.648. The standard InChI is InChI=1S/C19H12N4/c20-12-13-6-8-14(9-7-13)16-10-11-21-19-17(16)18(22-23-19)15-4-2-1-3-5-15/h1-11H,(H,21,22,23). The van der Waals surface area contributed by atoms with Crippen molar-refractivity contribution in [1.82, 2.24) is 15.2 Å². The number of aromatic amines is 1. The molecule has 23 heavy (non-hydrogen) atoms. The number of fused-ring (bicyclic) bond motifs is 1. The first-order chi connectivity index (χ1) is 11.4. The highest BCUT2D eigenvalue weighted by Gasteiger charge is 2.13. The fourth-order valence-corrected chi connectivity index (χ4v) is 2.73. The molecule has 0 amide bonds. The van der Waals surface area contributed by atoms with E-state index in [9.17, 15) is 0 Å². The number of nitrogens with one attached hydrogen (secondary N) is 1. The zero-order chi connectivity index (χ0) is 15.6. The summed E-state index contributed by atoms with van der Waals surface area (Å²) in [4.78, 5) is 4.35. The van der Waals surface area contributed by atoms with Crippen molar-refractivity contribution < 1.29 is 0 Å². The predicted octanol–water partition coefficient (Wildman–Crippen LogP) is 4.16. The van der Waals surface area contributed by atoms with E-state index < -0.39 is 0 Å². The molecule has 2 aromatic heterocycles. The van der Waals surface area contributed by atoms with Gasteiger partial charge < -0.3 is 0 Å². The first-order valence-corrected chi connectivity index (χ1v) is 7.26. The van der Waals surface area contributed by atoms with Crippen LogP contribution >= 0.6 is 0 Å². The maximum Gasteiger partial charge on any atom is 0.182 e. The van der Waals surface area contributed by atoms with Gasteiger partial charge in [-0.25, -0.2) is 4.98 Å². The van der Waals surface area contributed by atoms with E-state index in [1.165, 1.54) is 0 Å². The van der Waals surface area contributed by atoms with Crippen LogP contribution in [0.15, 0.2) is 66.9 Å². The van der Waals surface area contributed by atoms with Crippen molar-refractivity contribution in [3.63, 3.8) is 0 Å². The van der Waals surface area contributed by atoms with Crippen molar-refractivity contribution in [3.8, 4) is 28.5 Å². The highest BCUT2D eigenvalue weighted by molar-refractivity contribution is 6.02. The topological polar surface area (TPSA) is 65.4 Å². The summed E-state index contributed by atoms with van der Waals surface area (Å²) in [7, 11) is 0. The van der Waals surface area contributed by atoms with Gasteiger partial charge in [0.2, 0.25) is 0 Å². The second kappa shape index (κ2) is 5.39. The molecule has 2 aromatic carbocycles. The van der Waals surface area contributed by atoms with E-state index in [4.69, 9.17) is 5.26 Å². The second-order valence-corrected chi connectivity index (χ2v) is 5.21. The maximum atomic E-state index is 8.96. The highest BCUT2D eigenvalue weighted by atomic mass is 15.1. The van der Waals surface area contributed by atoms with Crippen molar-refractivity contribution in [3.05, 3.63) is 72.4 Å². The minimum absolute atomic E-state index is 0.648. The van der Waals surface area contributed by atoms with Gasteiger partial charge in [-0.15, -0.1) is 0 Å². The van der Waals surface area contributed by atoms with Gasteiger partial charge in [0, 0.05) is 11.8 Å². The molecule has 0 unspecified atom stereocenters. The van der Waals surface area contributed by atoms with Gasteiger partial charge in [-0.3, -0.25) is 5.10 Å². The van der Waals surface area contributed by atoms with Gasteiger partial charge in [0.05, 0.1) is 22.7 Å². The molecule has 0 aliphatic rings. The van der Waals surface area contributed by atoms with Crippen LogP contribution < -0.4 is 0 Å². The third-order valence-electron chi connectivity index (χ3n) is 3.84. The molecule has 0 spiro atoms. The number of rotatable bonds is 2. The van der Waals surface area contributed by atoms with Gasteiger partial charge >= 0.3 is 0 Å². The minimum Gasteiger partial charge on any atom is -0.275 e. The molecule has 0 atom stereocenters. The van der Waals surface area contributed by atoms with Crippen molar-refractivity contribution in [2.45, 2.75) is 0 Å². The van der Waals surface area contributed by atoms with Crippen molar-refractivity contribution in [2.24, 2.45) is 0 Å². The van der Waals surface area contributed by atoms with Crippen LogP contribution in [-0.4, -0.2) is 15.2 Å². The number of pyridine rings is 1. The highest BCUT2D eigenvalue weighted by Crippen LogP contribution is 2.33. The Hall–Kier alpha value is -3.45. The number of hydrogen-bond donors (Lipinski definition) is 1. The van der Waals surface area contributed by atoms with Crippen LogP contribution in [0.5, 0.6) is 0 Å². The zero-order valence-corrected chi connectivity index (χ0v) is 12.2. The molecule has 108 valence electrons. The number of nitrogens with zero attached hydrogens (tertiary/aromatic N) is 3. The number of H-pyrrole nitrogens is 1. The Morgan fingerprint density at radius 3 is 2.39 bits per heavy atom. The molecule has 0 saturated carbocycles. The lowest BCUT2D eigenvalue weighted by Crippen LogP contribution is -1.85. The van der Waals surface area contributed by atoms with Crippen LogP contribution in [0.1, 0.15) is 5.56 Å². The normalized spacial score (nSPS) is 10.6. The first kappa shape index (κ1) is 13.2. The third-order valence-corrected chi connectivity index (χ3v) is 3.84. The summed E-state index contributed by atoms with van der Waals surface area (Å²) in [6.07, 6.45) is 1.76. The maximum absolute atomic E-state index is 8.96. The Morgan fingerprint density at radius 1 is 0.870 bits per heavy atom. The largest absolute Gasteiger partial charge is 0.275 e. The summed E-state index contributed by atoms with van der Waals surface area (Å²) in [6, 6.07) is 21.8. The van der Waals surface area contributed by atoms with Gasteiger partial charge in [-0.05, 0) is 29.3 Å². The van der Waals surface area contributed by atoms with Gasteiger partial charge in [0.1, 0.15) is 0 Å². The molecule has 1 N–H and O–H groups in total. The van der Waals surface area contributed by atoms with Crippen molar-refractivity contribution >= 4 is 11.0 Å². The lowest BCUT2D eigenvalue weighted by Gasteiger charge is -2.06. The summed E-state index contributed by atoms with van der Waals surface area (Å²) in [5, 5.41) is 17.4. The number of nitriles is 1. The molecule has 4 heteroatoms. The van der Waals surface area contributed by atoms with E-state index >= 15 is 0 Å². The van der Waals surface area contributed by atoms with E-state index in [0.717, 1.165) is 27.8 Å². The van der Waals surface area contributed by atoms with Crippen molar-refractivity contribution in [1.29, 1.82) is 5.26 Å². The Bertz CT molecular complexity index is 1010. The number of hydrogen-bond acceptors (Lipinski definition) is 3. The molecule has 2 heterocycles. The number of aromatic nitrogens is 3. The van der Waals surface area contributed by atoms with E-state index in [1.807, 2.05) is 60.7 Å². The van der Waals surface area contributed by atoms with Crippen LogP contribution in [0.25, 0.3) is 33.4 Å². The fraction of sp³-hybridized carbons (Fsp3) is 0. The molecule has 0 fully saturated rings. The molecule has 4 rings (SSSR count). The van der Waals surface area contributed by atoms with Gasteiger partial charge in [0.25, 0.3) is 0 Å². The number of benzene rings is 2. The summed E-state index contributed by atoms with van der Waals surface area (Å²) >= 11 is 0. The van der Waals surface area contributed by atoms with E-state index in [0.29, 0.717) is 11.2 Å². The van der Waals surface area contributed by atoms with Gasteiger partial charge in [0.15, 0.2) is 5.65 Å². The average molecular weight is 296 g/mol. The first-order valence-electron chi connectivity index (χ1n) is 7.26. The Labute approximate surface area is 133 Å². The monoisotopic (exact) mass is 296 g/mol. The van der Waals surface area contributed by atoms with Crippen LogP contribution in [0.2, 0.25) is 0 Å². The van der Waals surface area contributed by atoms with Crippen LogP contribution in [0.3, 0.4) is 0 Å². The van der Waals surface area contributed by atoms with Crippen molar-refractivity contribution in [2.75, 3.05) is 0 Å². The lowest BCUT2D eigenvalue weighted by molar-refractivity contribution is 1.10. The molecule has 0 aliphatic heterocycles. The second-order valence-electron chi connectivity index (χ2n) is 5.21. The molecule has 0 aliphatic carbocycles. The van der Waals surface area contributed by atoms with Gasteiger partial charge in [-0.1, -0.05) is 42.5 Å². The lowest BCUT2D eigenvalue weighted by atomic mass is 9.99. The Morgan fingerprint density at radius 2 is 1.65 bits per heavy atom. The molecule has 0 radical (unpaired) electrons.